The van der Waals surface area contributed by atoms with Crippen molar-refractivity contribution in [3.63, 3.8) is 0 Å². The maximum atomic E-state index is 14.6. The molecule has 2 aliphatic rings. The fourth-order valence-electron chi connectivity index (χ4n) is 6.95. The molecule has 1 heterocycles. The Morgan fingerprint density at radius 1 is 1.03 bits per heavy atom. The Kier molecular flexibility index (Phi) is 19.4. The van der Waals surface area contributed by atoms with Crippen LogP contribution in [0, 0.1) is 11.8 Å². The molecule has 1 saturated carbocycles. The van der Waals surface area contributed by atoms with Gasteiger partial charge in [0, 0.05) is 17.6 Å². The smallest absolute Gasteiger partial charge is 0.407 e. The monoisotopic (exact) mass is 875 g/mol. The molecule has 7 N–H and O–H groups in total. The molecule has 17 nitrogen and oxygen atoms in total. The number of allylic oxidation sites excluding steroid dienone is 3. The Morgan fingerprint density at radius 3 is 2.35 bits per heavy atom. The molecule has 60 heavy (non-hydrogen) atoms. The molecule has 0 spiro atoms. The van der Waals surface area contributed by atoms with Crippen molar-refractivity contribution in [2.75, 3.05) is 19.7 Å². The quantitative estimate of drug-likeness (QED) is 0.0778. The number of nitrogens with two attached hydrogens (primary N) is 1. The molecule has 1 saturated heterocycles. The molecule has 1 aromatic carbocycles. The second kappa shape index (κ2) is 23.6. The number of alkyl carbamates (subject to hydrolysis) is 1. The number of carbonyl (C=O) groups is 7. The highest BCUT2D eigenvalue weighted by atomic mass is 35.5. The highest BCUT2D eigenvalue weighted by molar-refractivity contribution is 7.89. The number of carbonyl (C=O) groups excluding carboxylic acids is 7. The van der Waals surface area contributed by atoms with Gasteiger partial charge in [-0.25, -0.2) is 17.9 Å². The molecule has 1 aromatic rings. The Bertz CT molecular complexity index is 1920. The molecule has 5 atom stereocenters. The van der Waals surface area contributed by atoms with Gasteiger partial charge in [0.25, 0.3) is 5.91 Å². The largest absolute Gasteiger partial charge is 0.449 e. The van der Waals surface area contributed by atoms with Crippen LogP contribution in [0.2, 0.25) is 5.02 Å². The third-order valence-electron chi connectivity index (χ3n) is 9.94. The number of hydrogen-bond donors (Lipinski definition) is 6. The molecule has 2 unspecified atom stereocenters. The van der Waals surface area contributed by atoms with Gasteiger partial charge in [0.2, 0.25) is 39.4 Å². The number of halogens is 1. The molecule has 0 radical (unpaired) electrons. The van der Waals surface area contributed by atoms with Gasteiger partial charge in [-0.15, -0.1) is 0 Å². The van der Waals surface area contributed by atoms with Crippen LogP contribution in [0.3, 0.4) is 0 Å². The number of ketones is 1. The first-order valence-electron chi connectivity index (χ1n) is 20.1. The number of Topliss-reactive ketones (excluding diaryl/α,β-unsaturated/α-hetero) is 1. The third kappa shape index (κ3) is 14.9. The maximum absolute atomic E-state index is 14.6. The second-order valence-electron chi connectivity index (χ2n) is 15.3. The molecule has 0 aromatic heterocycles. The van der Waals surface area contributed by atoms with Crippen LogP contribution in [-0.4, -0.2) is 105 Å². The van der Waals surface area contributed by atoms with E-state index in [0.29, 0.717) is 19.3 Å². The van der Waals surface area contributed by atoms with Gasteiger partial charge in [-0.1, -0.05) is 95.0 Å². The van der Waals surface area contributed by atoms with E-state index in [-0.39, 0.29) is 53.3 Å². The maximum Gasteiger partial charge on any atom is 0.407 e. The predicted octanol–water partition coefficient (Wildman–Crippen LogP) is 2.55. The van der Waals surface area contributed by atoms with Crippen molar-refractivity contribution < 1.29 is 46.7 Å². The summed E-state index contributed by atoms with van der Waals surface area (Å²) in [4.78, 5) is 94.0. The Hall–Kier alpha value is -5.07. The molecule has 1 aliphatic heterocycles. The van der Waals surface area contributed by atoms with Crippen molar-refractivity contribution >= 4 is 63.0 Å². The van der Waals surface area contributed by atoms with E-state index in [9.17, 15) is 42.0 Å². The summed E-state index contributed by atoms with van der Waals surface area (Å²) in [6.07, 6.45) is 9.54. The van der Waals surface area contributed by atoms with Gasteiger partial charge in [0.1, 0.15) is 18.1 Å². The second-order valence-corrected chi connectivity index (χ2v) is 17.4. The van der Waals surface area contributed by atoms with Gasteiger partial charge in [0.05, 0.1) is 24.1 Å². The summed E-state index contributed by atoms with van der Waals surface area (Å²) in [6, 6.07) is -0.578. The zero-order valence-electron chi connectivity index (χ0n) is 34.5. The van der Waals surface area contributed by atoms with Crippen LogP contribution < -0.4 is 31.7 Å². The van der Waals surface area contributed by atoms with Gasteiger partial charge in [-0.2, -0.15) is 0 Å². The van der Waals surface area contributed by atoms with Gasteiger partial charge in [-0.05, 0) is 68.2 Å². The molecule has 330 valence electrons. The summed E-state index contributed by atoms with van der Waals surface area (Å²) in [7, 11) is -4.20. The topological polar surface area (TPSA) is 252 Å². The number of benzene rings is 1. The predicted molar refractivity (Wildman–Crippen MR) is 224 cm³/mol. The van der Waals surface area contributed by atoms with Gasteiger partial charge >= 0.3 is 6.09 Å². The fourth-order valence-corrected chi connectivity index (χ4v) is 8.49. The van der Waals surface area contributed by atoms with E-state index in [2.05, 4.69) is 32.6 Å². The van der Waals surface area contributed by atoms with Crippen molar-refractivity contribution in [3.05, 3.63) is 65.7 Å². The van der Waals surface area contributed by atoms with E-state index in [1.807, 2.05) is 13.8 Å². The number of primary amides is 1. The summed E-state index contributed by atoms with van der Waals surface area (Å²) < 4.78 is 34.8. The van der Waals surface area contributed by atoms with E-state index in [0.717, 1.165) is 19.3 Å². The molecular weight excluding hydrogens is 818 g/mol. The van der Waals surface area contributed by atoms with Crippen LogP contribution in [0.15, 0.2) is 65.6 Å². The van der Waals surface area contributed by atoms with Crippen LogP contribution in [0.4, 0.5) is 4.79 Å². The summed E-state index contributed by atoms with van der Waals surface area (Å²) in [5.74, 6) is -5.81. The van der Waals surface area contributed by atoms with Crippen LogP contribution in [0.5, 0.6) is 0 Å². The first-order valence-corrected chi connectivity index (χ1v) is 21.9. The SMILES string of the molecule is C=C(/C=C\C=C/C)[C@@H](NC(=O)CNC(=O)C(=O)C(CCC)NC(=O)C1C[C@H](NS(=O)(=O)c2cccc(Cl)c2)CN1C(=O)[C@H](NC(=O)OCC(C)C)C1CCCCC1)C(N)=O. The van der Waals surface area contributed by atoms with Crippen LogP contribution in [0.1, 0.15) is 79.1 Å². The molecule has 3 rings (SSSR count). The van der Waals surface area contributed by atoms with Gasteiger partial charge in [0.15, 0.2) is 0 Å². The first kappa shape index (κ1) is 49.3. The lowest BCUT2D eigenvalue weighted by molar-refractivity contribution is -0.143. The summed E-state index contributed by atoms with van der Waals surface area (Å²) in [5, 5.41) is 10.0. The highest BCUT2D eigenvalue weighted by Gasteiger charge is 2.46. The minimum Gasteiger partial charge on any atom is -0.449 e. The normalized spacial score (nSPS) is 18.7. The minimum absolute atomic E-state index is 0.00819. The number of rotatable bonds is 21. The van der Waals surface area contributed by atoms with Crippen LogP contribution in [0.25, 0.3) is 0 Å². The average molecular weight is 876 g/mol. The number of likely N-dealkylation sites (tertiary alicyclic amines) is 1. The van der Waals surface area contributed by atoms with E-state index >= 15 is 0 Å². The highest BCUT2D eigenvalue weighted by Crippen LogP contribution is 2.30. The molecule has 19 heteroatoms. The van der Waals surface area contributed by atoms with E-state index in [1.165, 1.54) is 35.2 Å². The summed E-state index contributed by atoms with van der Waals surface area (Å²) >= 11 is 6.06. The number of ether oxygens (including phenoxy) is 1. The molecule has 2 fully saturated rings. The lowest BCUT2D eigenvalue weighted by Crippen LogP contribution is -2.58. The van der Waals surface area contributed by atoms with Crippen molar-refractivity contribution in [2.24, 2.45) is 17.6 Å². The summed E-state index contributed by atoms with van der Waals surface area (Å²) in [6.45, 7) is 10.1. The Balaban J connectivity index is 1.85. The van der Waals surface area contributed by atoms with Crippen molar-refractivity contribution in [1.82, 2.24) is 30.9 Å². The Labute approximate surface area is 356 Å². The first-order chi connectivity index (χ1) is 28.4. The van der Waals surface area contributed by atoms with Crippen LogP contribution >= 0.6 is 11.6 Å². The molecular formula is C41H58ClN7O10S. The third-order valence-corrected chi connectivity index (χ3v) is 11.7. The number of sulfonamides is 1. The van der Waals surface area contributed by atoms with E-state index in [4.69, 9.17) is 22.1 Å². The minimum atomic E-state index is -4.20. The number of nitrogens with zero attached hydrogens (tertiary/aromatic N) is 1. The lowest BCUT2D eigenvalue weighted by Gasteiger charge is -2.34. The number of nitrogens with one attached hydrogen (secondary N) is 5. The Morgan fingerprint density at radius 2 is 1.73 bits per heavy atom. The van der Waals surface area contributed by atoms with E-state index in [1.54, 1.807) is 32.1 Å². The van der Waals surface area contributed by atoms with Crippen molar-refractivity contribution in [2.45, 2.75) is 114 Å². The van der Waals surface area contributed by atoms with Gasteiger partial charge < -0.3 is 36.6 Å². The standard InChI is InChI=1S/C41H58ClN7O10S/c1-6-8-10-15-26(5)34(37(43)52)46-33(50)22-44-39(54)36(51)31(14-7-2)45-38(53)32-21-29(48-60(57,58)30-19-13-18-28(42)20-30)23-49(32)40(55)35(27-16-11-9-12-17-27)47-41(56)59-24-25(3)4/h6,8,10,13,15,18-20,25,27,29,31-32,34-35,48H,5,7,9,11-12,14,16-17,21-24H2,1-4H3,(H2,43,52)(H,44,54)(H,45,53)(H,46,50)(H,47,56)/b8-6-,15-10-/t29-,31?,32?,34+,35+/m0/s1. The fraction of sp³-hybridized carbons (Fsp3) is 0.537. The molecule has 1 aliphatic carbocycles. The van der Waals surface area contributed by atoms with Crippen molar-refractivity contribution in [3.8, 4) is 0 Å². The average Bonchev–Trinajstić information content (AvgIpc) is 3.63. The number of hydrogen-bond acceptors (Lipinski definition) is 10. The van der Waals surface area contributed by atoms with Crippen molar-refractivity contribution in [1.29, 1.82) is 0 Å². The molecule has 6 amide bonds. The van der Waals surface area contributed by atoms with Crippen LogP contribution in [-0.2, 0) is 43.5 Å². The zero-order valence-corrected chi connectivity index (χ0v) is 36.1. The molecule has 0 bridgehead atoms. The van der Waals surface area contributed by atoms with Gasteiger partial charge in [-0.3, -0.25) is 28.8 Å². The van der Waals surface area contributed by atoms with E-state index < -0.39 is 88.2 Å². The zero-order chi connectivity index (χ0) is 44.6. The lowest BCUT2D eigenvalue weighted by atomic mass is 9.83. The summed E-state index contributed by atoms with van der Waals surface area (Å²) in [5.41, 5.74) is 5.60. The number of amides is 6.